The summed E-state index contributed by atoms with van der Waals surface area (Å²) in [4.78, 5) is 0.122. The van der Waals surface area contributed by atoms with Gasteiger partial charge in [-0.2, -0.15) is 4.31 Å². The van der Waals surface area contributed by atoms with Crippen LogP contribution in [0.3, 0.4) is 0 Å². The molecule has 1 aromatic rings. The van der Waals surface area contributed by atoms with Gasteiger partial charge in [-0.3, -0.25) is 0 Å². The molecule has 8 heteroatoms. The smallest absolute Gasteiger partial charge is 0.247 e. The lowest BCUT2D eigenvalue weighted by Crippen LogP contribution is -2.52. The fourth-order valence-corrected chi connectivity index (χ4v) is 4.21. The van der Waals surface area contributed by atoms with Crippen LogP contribution in [0, 0.1) is 0 Å². The number of methoxy groups -OCH3 is 1. The fourth-order valence-electron chi connectivity index (χ4n) is 2.16. The van der Waals surface area contributed by atoms with Crippen molar-refractivity contribution in [3.63, 3.8) is 0 Å². The van der Waals surface area contributed by atoms with Crippen LogP contribution in [-0.2, 0) is 10.0 Å². The number of halogens is 2. The van der Waals surface area contributed by atoms with Gasteiger partial charge in [0.25, 0.3) is 0 Å². The number of hydrogen-bond acceptors (Lipinski definition) is 4. The van der Waals surface area contributed by atoms with Gasteiger partial charge in [-0.25, -0.2) is 8.42 Å². The van der Waals surface area contributed by atoms with E-state index in [1.165, 1.54) is 17.5 Å². The van der Waals surface area contributed by atoms with E-state index in [4.69, 9.17) is 16.3 Å². The van der Waals surface area contributed by atoms with Crippen LogP contribution in [0.2, 0.25) is 5.02 Å². The SMILES string of the molecule is COc1ccc(Cl)cc1S(=O)(=O)N1CCNCC1C.Cl. The van der Waals surface area contributed by atoms with Crippen molar-refractivity contribution in [2.45, 2.75) is 17.9 Å². The average molecular weight is 341 g/mol. The van der Waals surface area contributed by atoms with Gasteiger partial charge in [0, 0.05) is 30.7 Å². The Balaban J connectivity index is 0.00000200. The van der Waals surface area contributed by atoms with Gasteiger partial charge in [0.2, 0.25) is 10.0 Å². The van der Waals surface area contributed by atoms with E-state index in [-0.39, 0.29) is 23.3 Å². The van der Waals surface area contributed by atoms with E-state index >= 15 is 0 Å². The minimum Gasteiger partial charge on any atom is -0.495 e. The van der Waals surface area contributed by atoms with Crippen molar-refractivity contribution >= 4 is 34.0 Å². The lowest BCUT2D eigenvalue weighted by atomic mass is 10.3. The van der Waals surface area contributed by atoms with E-state index in [2.05, 4.69) is 5.32 Å². The molecule has 0 aromatic heterocycles. The lowest BCUT2D eigenvalue weighted by Gasteiger charge is -2.33. The molecule has 1 unspecified atom stereocenters. The van der Waals surface area contributed by atoms with Gasteiger partial charge in [0.05, 0.1) is 7.11 Å². The summed E-state index contributed by atoms with van der Waals surface area (Å²) in [5, 5.41) is 3.54. The maximum absolute atomic E-state index is 12.7. The highest BCUT2D eigenvalue weighted by Gasteiger charge is 2.33. The largest absolute Gasteiger partial charge is 0.495 e. The number of hydrogen-bond donors (Lipinski definition) is 1. The molecule has 0 amide bonds. The molecular weight excluding hydrogens is 323 g/mol. The maximum atomic E-state index is 12.7. The summed E-state index contributed by atoms with van der Waals surface area (Å²) in [6.45, 7) is 3.61. The minimum absolute atomic E-state index is 0. The first-order valence-corrected chi connectivity index (χ1v) is 7.84. The Kier molecular flexibility index (Phi) is 6.09. The van der Waals surface area contributed by atoms with Crippen molar-refractivity contribution in [1.82, 2.24) is 9.62 Å². The number of benzene rings is 1. The highest BCUT2D eigenvalue weighted by atomic mass is 35.5. The van der Waals surface area contributed by atoms with Gasteiger partial charge in [-0.15, -0.1) is 12.4 Å². The van der Waals surface area contributed by atoms with Crippen molar-refractivity contribution in [3.8, 4) is 5.75 Å². The van der Waals surface area contributed by atoms with Crippen LogP contribution < -0.4 is 10.1 Å². The maximum Gasteiger partial charge on any atom is 0.247 e. The van der Waals surface area contributed by atoms with Gasteiger partial charge in [0.15, 0.2) is 0 Å². The van der Waals surface area contributed by atoms with Gasteiger partial charge in [-0.05, 0) is 25.1 Å². The summed E-state index contributed by atoms with van der Waals surface area (Å²) in [6.07, 6.45) is 0. The molecule has 0 radical (unpaired) electrons. The first-order valence-electron chi connectivity index (χ1n) is 6.03. The minimum atomic E-state index is -3.59. The quantitative estimate of drug-likeness (QED) is 0.910. The topological polar surface area (TPSA) is 58.6 Å². The van der Waals surface area contributed by atoms with Crippen molar-refractivity contribution in [3.05, 3.63) is 23.2 Å². The zero-order chi connectivity index (χ0) is 14.0. The van der Waals surface area contributed by atoms with Crippen LogP contribution in [0.1, 0.15) is 6.92 Å². The van der Waals surface area contributed by atoms with Gasteiger partial charge >= 0.3 is 0 Å². The van der Waals surface area contributed by atoms with E-state index in [0.29, 0.717) is 30.4 Å². The molecular formula is C12H18Cl2N2O3S. The first kappa shape index (κ1) is 17.5. The van der Waals surface area contributed by atoms with Crippen molar-refractivity contribution in [2.24, 2.45) is 0 Å². The number of rotatable bonds is 3. The van der Waals surface area contributed by atoms with Crippen LogP contribution in [0.4, 0.5) is 0 Å². The first-order chi connectivity index (χ1) is 8.96. The molecule has 1 saturated heterocycles. The molecule has 0 saturated carbocycles. The second kappa shape index (κ2) is 6.95. The Labute approximate surface area is 130 Å². The Morgan fingerprint density at radius 2 is 2.15 bits per heavy atom. The van der Waals surface area contributed by atoms with Crippen molar-refractivity contribution < 1.29 is 13.2 Å². The van der Waals surface area contributed by atoms with E-state index in [1.807, 2.05) is 6.92 Å². The molecule has 0 aliphatic carbocycles. The summed E-state index contributed by atoms with van der Waals surface area (Å²) >= 11 is 5.90. The Morgan fingerprint density at radius 1 is 1.45 bits per heavy atom. The van der Waals surface area contributed by atoms with E-state index in [1.54, 1.807) is 12.1 Å². The molecule has 0 bridgehead atoms. The van der Waals surface area contributed by atoms with Crippen LogP contribution in [-0.4, -0.2) is 45.5 Å². The third-order valence-electron chi connectivity index (χ3n) is 3.15. The molecule has 1 atom stereocenters. The molecule has 1 aromatic carbocycles. The Bertz CT molecular complexity index is 566. The van der Waals surface area contributed by atoms with E-state index in [0.717, 1.165) is 0 Å². The average Bonchev–Trinajstić information content (AvgIpc) is 2.39. The number of piperazine rings is 1. The monoisotopic (exact) mass is 340 g/mol. The molecule has 20 heavy (non-hydrogen) atoms. The third-order valence-corrected chi connectivity index (χ3v) is 5.42. The second-order valence-corrected chi connectivity index (χ2v) is 6.76. The standard InChI is InChI=1S/C12H17ClN2O3S.ClH/c1-9-8-14-5-6-15(9)19(16,17)12-7-10(13)3-4-11(12)18-2;/h3-4,7,9,14H,5-6,8H2,1-2H3;1H. The van der Waals surface area contributed by atoms with Crippen molar-refractivity contribution in [2.75, 3.05) is 26.7 Å². The van der Waals surface area contributed by atoms with Crippen molar-refractivity contribution in [1.29, 1.82) is 0 Å². The van der Waals surface area contributed by atoms with E-state index < -0.39 is 10.0 Å². The van der Waals surface area contributed by atoms with E-state index in [9.17, 15) is 8.42 Å². The highest BCUT2D eigenvalue weighted by Crippen LogP contribution is 2.30. The lowest BCUT2D eigenvalue weighted by molar-refractivity contribution is 0.282. The number of nitrogens with zero attached hydrogens (tertiary/aromatic N) is 1. The van der Waals surface area contributed by atoms with Gasteiger partial charge in [0.1, 0.15) is 10.6 Å². The highest BCUT2D eigenvalue weighted by molar-refractivity contribution is 7.89. The molecule has 1 heterocycles. The molecule has 2 rings (SSSR count). The Hall–Kier alpha value is -0.530. The number of sulfonamides is 1. The molecule has 0 spiro atoms. The van der Waals surface area contributed by atoms with Crippen LogP contribution in [0.25, 0.3) is 0 Å². The summed E-state index contributed by atoms with van der Waals surface area (Å²) in [6, 6.07) is 4.52. The number of nitrogens with one attached hydrogen (secondary N) is 1. The molecule has 1 aliphatic rings. The third kappa shape index (κ3) is 3.38. The zero-order valence-corrected chi connectivity index (χ0v) is 13.7. The van der Waals surface area contributed by atoms with Gasteiger partial charge in [-0.1, -0.05) is 11.6 Å². The number of ether oxygens (including phenoxy) is 1. The van der Waals surface area contributed by atoms with Crippen LogP contribution >= 0.6 is 24.0 Å². The molecule has 1 N–H and O–H groups in total. The summed E-state index contributed by atoms with van der Waals surface area (Å²) in [5.41, 5.74) is 0. The molecule has 1 aliphatic heterocycles. The second-order valence-electron chi connectivity index (χ2n) is 4.46. The summed E-state index contributed by atoms with van der Waals surface area (Å²) in [5.74, 6) is 0.315. The van der Waals surface area contributed by atoms with Crippen LogP contribution in [0.5, 0.6) is 5.75 Å². The predicted octanol–water partition coefficient (Wildman–Crippen LogP) is 1.75. The zero-order valence-electron chi connectivity index (χ0n) is 11.3. The Morgan fingerprint density at radius 3 is 2.75 bits per heavy atom. The molecule has 5 nitrogen and oxygen atoms in total. The molecule has 114 valence electrons. The van der Waals surface area contributed by atoms with Gasteiger partial charge < -0.3 is 10.1 Å². The normalized spacial score (nSPS) is 20.2. The summed E-state index contributed by atoms with van der Waals surface area (Å²) < 4.78 is 32.0. The predicted molar refractivity (Wildman–Crippen MR) is 81.5 cm³/mol. The fraction of sp³-hybridized carbons (Fsp3) is 0.500. The summed E-state index contributed by atoms with van der Waals surface area (Å²) in [7, 11) is -2.14. The molecule has 1 fully saturated rings. The van der Waals surface area contributed by atoms with Crippen LogP contribution in [0.15, 0.2) is 23.1 Å².